The summed E-state index contributed by atoms with van der Waals surface area (Å²) in [5, 5.41) is 25.0. The van der Waals surface area contributed by atoms with Crippen molar-refractivity contribution in [2.24, 2.45) is 5.92 Å². The number of aliphatic hydroxyl groups excluding tert-OH is 1. The first-order chi connectivity index (χ1) is 17.3. The molecule has 0 spiro atoms. The predicted octanol–water partition coefficient (Wildman–Crippen LogP) is 3.25. The van der Waals surface area contributed by atoms with Crippen LogP contribution in [0, 0.1) is 11.7 Å². The molecule has 0 aliphatic carbocycles. The fourth-order valence-electron chi connectivity index (χ4n) is 3.57. The van der Waals surface area contributed by atoms with Crippen LogP contribution in [0.4, 0.5) is 4.39 Å². The van der Waals surface area contributed by atoms with E-state index in [1.807, 2.05) is 0 Å². The number of hydrogen-bond donors (Lipinski definition) is 2. The number of rotatable bonds is 12. The van der Waals surface area contributed by atoms with Crippen molar-refractivity contribution >= 4 is 23.4 Å². The van der Waals surface area contributed by atoms with Crippen molar-refractivity contribution in [3.05, 3.63) is 64.9 Å². The third-order valence-electron chi connectivity index (χ3n) is 5.48. The van der Waals surface area contributed by atoms with E-state index in [1.165, 1.54) is 29.2 Å². The van der Waals surface area contributed by atoms with E-state index in [2.05, 4.69) is 34.6 Å². The first kappa shape index (κ1) is 27.2. The second-order valence-electron chi connectivity index (χ2n) is 8.74. The van der Waals surface area contributed by atoms with Crippen LogP contribution in [-0.2, 0) is 16.1 Å². The molecule has 3 rings (SSSR count). The molecule has 1 heterocycles. The second kappa shape index (κ2) is 13.1. The highest BCUT2D eigenvalue weighted by Crippen LogP contribution is 2.24. The van der Waals surface area contributed by atoms with E-state index >= 15 is 0 Å². The van der Waals surface area contributed by atoms with Crippen molar-refractivity contribution in [1.29, 1.82) is 0 Å². The Morgan fingerprint density at radius 2 is 1.83 bits per heavy atom. The number of amides is 2. The van der Waals surface area contributed by atoms with E-state index in [4.69, 9.17) is 11.6 Å². The third kappa shape index (κ3) is 7.56. The monoisotopic (exact) mass is 516 g/mol. The Morgan fingerprint density at radius 3 is 2.47 bits per heavy atom. The predicted molar refractivity (Wildman–Crippen MR) is 133 cm³/mol. The molecule has 2 amide bonds. The van der Waals surface area contributed by atoms with Gasteiger partial charge in [0.1, 0.15) is 18.4 Å². The highest BCUT2D eigenvalue weighted by atomic mass is 35.5. The molecule has 0 fully saturated rings. The molecular weight excluding hydrogens is 487 g/mol. The maximum Gasteiger partial charge on any atom is 0.247 e. The molecule has 0 aliphatic rings. The normalized spacial score (nSPS) is 11.9. The van der Waals surface area contributed by atoms with Crippen LogP contribution >= 0.6 is 11.6 Å². The van der Waals surface area contributed by atoms with Crippen LogP contribution in [0.2, 0.25) is 5.02 Å². The first-order valence-electron chi connectivity index (χ1n) is 11.8. The van der Waals surface area contributed by atoms with Gasteiger partial charge in [-0.2, -0.15) is 4.80 Å². The van der Waals surface area contributed by atoms with Crippen LogP contribution in [0.1, 0.15) is 38.3 Å². The molecule has 0 saturated heterocycles. The van der Waals surface area contributed by atoms with Gasteiger partial charge in [-0.05, 0) is 65.9 Å². The van der Waals surface area contributed by atoms with E-state index in [0.29, 0.717) is 28.6 Å². The first-order valence-corrected chi connectivity index (χ1v) is 12.1. The second-order valence-corrected chi connectivity index (χ2v) is 9.18. The van der Waals surface area contributed by atoms with E-state index in [1.54, 1.807) is 24.3 Å². The molecule has 11 heteroatoms. The molecule has 192 valence electrons. The smallest absolute Gasteiger partial charge is 0.247 e. The number of aliphatic hydroxyl groups is 1. The summed E-state index contributed by atoms with van der Waals surface area (Å²) in [5.41, 5.74) is 1.14. The highest BCUT2D eigenvalue weighted by Gasteiger charge is 2.31. The van der Waals surface area contributed by atoms with Crippen molar-refractivity contribution in [2.45, 2.75) is 39.3 Å². The van der Waals surface area contributed by atoms with Crippen LogP contribution in [-0.4, -0.2) is 61.7 Å². The van der Waals surface area contributed by atoms with E-state index in [-0.39, 0.29) is 43.7 Å². The third-order valence-corrected chi connectivity index (χ3v) is 5.73. The molecule has 2 N–H and O–H groups in total. The Hall–Kier alpha value is -3.37. The molecule has 0 bridgehead atoms. The Kier molecular flexibility index (Phi) is 9.89. The van der Waals surface area contributed by atoms with Gasteiger partial charge in [-0.25, -0.2) is 4.39 Å². The minimum absolute atomic E-state index is 0.139. The van der Waals surface area contributed by atoms with E-state index in [0.717, 1.165) is 11.2 Å². The van der Waals surface area contributed by atoms with E-state index in [9.17, 15) is 19.1 Å². The minimum atomic E-state index is -0.937. The maximum atomic E-state index is 13.4. The Balaban J connectivity index is 1.85. The van der Waals surface area contributed by atoms with Crippen molar-refractivity contribution in [1.82, 2.24) is 30.4 Å². The Labute approximate surface area is 214 Å². The van der Waals surface area contributed by atoms with Crippen molar-refractivity contribution in [2.75, 3.05) is 19.7 Å². The average Bonchev–Trinajstić information content (AvgIpc) is 3.31. The number of hydrogen-bond acceptors (Lipinski definition) is 6. The van der Waals surface area contributed by atoms with Crippen LogP contribution in [0.15, 0.2) is 48.5 Å². The molecule has 3 aromatic rings. The number of aromatic nitrogens is 4. The van der Waals surface area contributed by atoms with Gasteiger partial charge in [0.25, 0.3) is 0 Å². The molecule has 0 aliphatic heterocycles. The fourth-order valence-corrected chi connectivity index (χ4v) is 3.70. The van der Waals surface area contributed by atoms with Crippen molar-refractivity contribution < 1.29 is 19.1 Å². The fraction of sp³-hybridized carbons (Fsp3) is 0.400. The van der Waals surface area contributed by atoms with Gasteiger partial charge in [0, 0.05) is 30.3 Å². The summed E-state index contributed by atoms with van der Waals surface area (Å²) in [4.78, 5) is 29.3. The number of nitrogens with zero attached hydrogens (tertiary/aromatic N) is 5. The number of carbonyl (C=O) groups is 2. The van der Waals surface area contributed by atoms with Crippen LogP contribution in [0.5, 0.6) is 0 Å². The van der Waals surface area contributed by atoms with E-state index < -0.39 is 11.9 Å². The zero-order chi connectivity index (χ0) is 26.1. The number of benzene rings is 2. The van der Waals surface area contributed by atoms with Gasteiger partial charge in [0.05, 0.1) is 0 Å². The number of nitrogens with one attached hydrogen (secondary N) is 1. The van der Waals surface area contributed by atoms with Crippen LogP contribution in [0.25, 0.3) is 11.4 Å². The molecule has 9 nitrogen and oxygen atoms in total. The summed E-state index contributed by atoms with van der Waals surface area (Å²) in [5.74, 6) is -0.500. The highest BCUT2D eigenvalue weighted by molar-refractivity contribution is 6.30. The largest absolute Gasteiger partial charge is 0.396 e. The number of halogens is 2. The van der Waals surface area contributed by atoms with Crippen molar-refractivity contribution in [3.8, 4) is 11.4 Å². The molecule has 36 heavy (non-hydrogen) atoms. The lowest BCUT2D eigenvalue weighted by Crippen LogP contribution is -2.46. The average molecular weight is 517 g/mol. The minimum Gasteiger partial charge on any atom is -0.396 e. The topological polar surface area (TPSA) is 113 Å². The van der Waals surface area contributed by atoms with Crippen LogP contribution < -0.4 is 5.32 Å². The van der Waals surface area contributed by atoms with Crippen LogP contribution in [0.3, 0.4) is 0 Å². The summed E-state index contributed by atoms with van der Waals surface area (Å²) in [7, 11) is 0. The SMILES string of the molecule is CC(C)CCNC(=O)[C@@H](c1ccc(Cl)cc1)N(CCCO)C(=O)Cn1nnc(-c2ccc(F)cc2)n1. The Bertz CT molecular complexity index is 1140. The summed E-state index contributed by atoms with van der Waals surface area (Å²) in [6.45, 7) is 4.30. The van der Waals surface area contributed by atoms with Gasteiger partial charge in [0.15, 0.2) is 0 Å². The maximum absolute atomic E-state index is 13.4. The van der Waals surface area contributed by atoms with Gasteiger partial charge < -0.3 is 15.3 Å². The summed E-state index contributed by atoms with van der Waals surface area (Å²) < 4.78 is 13.2. The molecular formula is C25H30ClFN6O3. The standard InChI is InChI=1S/C25H30ClFN6O3/c1-17(2)12-13-28-25(36)23(18-4-8-20(26)9-5-18)32(14-3-15-34)22(35)16-33-30-24(29-31-33)19-6-10-21(27)11-7-19/h4-11,17,23,34H,3,12-16H2,1-2H3,(H,28,36)/t23-/m1/s1. The van der Waals surface area contributed by atoms with Gasteiger partial charge in [0.2, 0.25) is 17.6 Å². The summed E-state index contributed by atoms with van der Waals surface area (Å²) in [6.07, 6.45) is 1.07. The molecule has 1 atom stereocenters. The van der Waals surface area contributed by atoms with Gasteiger partial charge >= 0.3 is 0 Å². The molecule has 0 saturated carbocycles. The number of carbonyl (C=O) groups excluding carboxylic acids is 2. The molecule has 0 unspecified atom stereocenters. The zero-order valence-corrected chi connectivity index (χ0v) is 21.0. The summed E-state index contributed by atoms with van der Waals surface area (Å²) >= 11 is 6.05. The quantitative estimate of drug-likeness (QED) is 0.382. The van der Waals surface area contributed by atoms with Crippen molar-refractivity contribution in [3.63, 3.8) is 0 Å². The Morgan fingerprint density at radius 1 is 1.14 bits per heavy atom. The molecule has 1 aromatic heterocycles. The molecule has 2 aromatic carbocycles. The summed E-state index contributed by atoms with van der Waals surface area (Å²) in [6, 6.07) is 11.4. The number of tetrazole rings is 1. The lowest BCUT2D eigenvalue weighted by Gasteiger charge is -2.31. The lowest BCUT2D eigenvalue weighted by molar-refractivity contribution is -0.142. The lowest BCUT2D eigenvalue weighted by atomic mass is 10.0. The van der Waals surface area contributed by atoms with Gasteiger partial charge in [-0.3, -0.25) is 9.59 Å². The zero-order valence-electron chi connectivity index (χ0n) is 20.3. The van der Waals surface area contributed by atoms with Gasteiger partial charge in [-0.15, -0.1) is 10.2 Å². The van der Waals surface area contributed by atoms with Gasteiger partial charge in [-0.1, -0.05) is 37.6 Å². The molecule has 0 radical (unpaired) electrons.